The van der Waals surface area contributed by atoms with Crippen LogP contribution in [-0.4, -0.2) is 62.3 Å². The van der Waals surface area contributed by atoms with Crippen LogP contribution in [0.15, 0.2) is 42.5 Å². The molecule has 0 radical (unpaired) electrons. The van der Waals surface area contributed by atoms with Gasteiger partial charge in [0.15, 0.2) is 0 Å². The largest absolute Gasteiger partial charge is 0.496 e. The highest BCUT2D eigenvalue weighted by Gasteiger charge is 2.31. The number of carbonyl (C=O) groups is 1. The predicted molar refractivity (Wildman–Crippen MR) is 149 cm³/mol. The summed E-state index contributed by atoms with van der Waals surface area (Å²) < 4.78 is 17.4. The fourth-order valence-corrected chi connectivity index (χ4v) is 5.48. The maximum absolute atomic E-state index is 13.7. The lowest BCUT2D eigenvalue weighted by Gasteiger charge is -2.36. The molecular formula is C30H43ClN2O4. The molecule has 37 heavy (non-hydrogen) atoms. The van der Waals surface area contributed by atoms with Gasteiger partial charge in [-0.25, -0.2) is 0 Å². The van der Waals surface area contributed by atoms with Gasteiger partial charge in [-0.1, -0.05) is 56.7 Å². The molecule has 1 amide bonds. The van der Waals surface area contributed by atoms with Crippen LogP contribution in [-0.2, 0) is 33.8 Å². The topological polar surface area (TPSA) is 51.2 Å². The van der Waals surface area contributed by atoms with Gasteiger partial charge in [0.05, 0.1) is 19.8 Å². The molecule has 0 saturated carbocycles. The lowest BCUT2D eigenvalue weighted by Crippen LogP contribution is -2.51. The molecule has 7 heteroatoms. The molecule has 1 heterocycles. The maximum atomic E-state index is 13.7. The van der Waals surface area contributed by atoms with E-state index in [0.29, 0.717) is 32.2 Å². The standard InChI is InChI=1S/C30H42N2O4.ClH/c1-22(2)18-32(19-23-13-14-24-9-5-8-12-28(35-4)26(24)17-23)30(33)29-21-31(15-16-36-29)20-25-10-6-7-11-27(25)34-3;/h6-7,10-11,13-14,17,22,28-29H,5,8-9,12,15-16,18-21H2,1-4H3;1H. The predicted octanol–water partition coefficient (Wildman–Crippen LogP) is 5.42. The molecule has 0 aromatic heterocycles. The van der Waals surface area contributed by atoms with Gasteiger partial charge in [0, 0.05) is 45.4 Å². The second kappa shape index (κ2) is 14.1. The number of rotatable bonds is 9. The van der Waals surface area contributed by atoms with E-state index < -0.39 is 6.10 Å². The van der Waals surface area contributed by atoms with E-state index in [2.05, 4.69) is 43.0 Å². The van der Waals surface area contributed by atoms with E-state index >= 15 is 0 Å². The van der Waals surface area contributed by atoms with Crippen LogP contribution in [0.2, 0.25) is 0 Å². The first kappa shape index (κ1) is 29.4. The molecule has 0 bridgehead atoms. The minimum absolute atomic E-state index is 0. The summed E-state index contributed by atoms with van der Waals surface area (Å²) in [5.74, 6) is 1.33. The second-order valence-corrected chi connectivity index (χ2v) is 10.5. The summed E-state index contributed by atoms with van der Waals surface area (Å²) in [6.07, 6.45) is 4.22. The molecule has 1 saturated heterocycles. The Balaban J connectivity index is 0.00000380. The van der Waals surface area contributed by atoms with Crippen molar-refractivity contribution in [1.29, 1.82) is 0 Å². The number of ether oxygens (including phenoxy) is 3. The number of carbonyl (C=O) groups excluding carboxylic acids is 1. The van der Waals surface area contributed by atoms with E-state index in [0.717, 1.165) is 42.8 Å². The van der Waals surface area contributed by atoms with Crippen LogP contribution in [0.1, 0.15) is 61.5 Å². The van der Waals surface area contributed by atoms with Gasteiger partial charge < -0.3 is 19.1 Å². The second-order valence-electron chi connectivity index (χ2n) is 10.5. The minimum atomic E-state index is -0.459. The summed E-state index contributed by atoms with van der Waals surface area (Å²) in [5.41, 5.74) is 4.96. The van der Waals surface area contributed by atoms with Gasteiger partial charge in [-0.05, 0) is 47.9 Å². The Bertz CT molecular complexity index is 1010. The van der Waals surface area contributed by atoms with Crippen molar-refractivity contribution >= 4 is 18.3 Å². The van der Waals surface area contributed by atoms with Crippen LogP contribution in [0, 0.1) is 5.92 Å². The van der Waals surface area contributed by atoms with Crippen LogP contribution in [0.25, 0.3) is 0 Å². The number of nitrogens with zero attached hydrogens (tertiary/aromatic N) is 2. The van der Waals surface area contributed by atoms with Crippen LogP contribution in [0.4, 0.5) is 0 Å². The average Bonchev–Trinajstić information content (AvgIpc) is 3.10. The molecule has 2 aromatic rings. The fourth-order valence-electron chi connectivity index (χ4n) is 5.48. The summed E-state index contributed by atoms with van der Waals surface area (Å²) in [6, 6.07) is 14.8. The Labute approximate surface area is 228 Å². The van der Waals surface area contributed by atoms with Crippen molar-refractivity contribution in [3.05, 3.63) is 64.7 Å². The molecule has 4 rings (SSSR count). The SMILES string of the molecule is COc1ccccc1CN1CCOC(C(=O)N(Cc2ccc3c(c2)C(OC)CCCC3)CC(C)C)C1.Cl. The Morgan fingerprint density at radius 3 is 2.73 bits per heavy atom. The Kier molecular flexibility index (Phi) is 11.3. The number of fused-ring (bicyclic) bond motifs is 1. The molecule has 0 spiro atoms. The highest BCUT2D eigenvalue weighted by molar-refractivity contribution is 5.85. The number of methoxy groups -OCH3 is 2. The van der Waals surface area contributed by atoms with E-state index in [4.69, 9.17) is 14.2 Å². The highest BCUT2D eigenvalue weighted by Crippen LogP contribution is 2.32. The zero-order chi connectivity index (χ0) is 25.5. The zero-order valence-corrected chi connectivity index (χ0v) is 23.6. The lowest BCUT2D eigenvalue weighted by atomic mass is 9.97. The summed E-state index contributed by atoms with van der Waals surface area (Å²) in [4.78, 5) is 18.0. The Hall–Kier alpha value is -2.12. The smallest absolute Gasteiger partial charge is 0.253 e. The van der Waals surface area contributed by atoms with E-state index in [-0.39, 0.29) is 24.4 Å². The molecule has 0 N–H and O–H groups in total. The molecule has 6 nitrogen and oxygen atoms in total. The molecule has 204 valence electrons. The van der Waals surface area contributed by atoms with E-state index in [1.807, 2.05) is 23.1 Å². The quantitative estimate of drug-likeness (QED) is 0.405. The van der Waals surface area contributed by atoms with Gasteiger partial charge in [-0.2, -0.15) is 0 Å². The molecule has 1 fully saturated rings. The number of morpholine rings is 1. The number of amides is 1. The number of benzene rings is 2. The summed E-state index contributed by atoms with van der Waals surface area (Å²) >= 11 is 0. The first-order valence-electron chi connectivity index (χ1n) is 13.4. The van der Waals surface area contributed by atoms with Gasteiger partial charge in [-0.15, -0.1) is 12.4 Å². The Morgan fingerprint density at radius 2 is 1.97 bits per heavy atom. The van der Waals surface area contributed by atoms with Crippen LogP contribution < -0.4 is 4.74 Å². The monoisotopic (exact) mass is 530 g/mol. The number of hydrogen-bond donors (Lipinski definition) is 0. The number of para-hydroxylation sites is 1. The first-order chi connectivity index (χ1) is 17.5. The molecule has 2 aliphatic rings. The summed E-state index contributed by atoms with van der Waals surface area (Å²) in [5, 5.41) is 0. The van der Waals surface area contributed by atoms with Crippen LogP contribution in [0.5, 0.6) is 5.75 Å². The maximum Gasteiger partial charge on any atom is 0.253 e. The third-order valence-electron chi connectivity index (χ3n) is 7.29. The molecule has 2 aromatic carbocycles. The van der Waals surface area contributed by atoms with Crippen molar-refractivity contribution in [3.63, 3.8) is 0 Å². The average molecular weight is 531 g/mol. The minimum Gasteiger partial charge on any atom is -0.496 e. The van der Waals surface area contributed by atoms with E-state index in [1.165, 1.54) is 24.0 Å². The number of aryl methyl sites for hydroxylation is 1. The van der Waals surface area contributed by atoms with Gasteiger partial charge in [0.2, 0.25) is 0 Å². The van der Waals surface area contributed by atoms with Crippen molar-refractivity contribution in [2.45, 2.75) is 64.8 Å². The first-order valence-corrected chi connectivity index (χ1v) is 13.4. The lowest BCUT2D eigenvalue weighted by molar-refractivity contribution is -0.151. The van der Waals surface area contributed by atoms with Crippen molar-refractivity contribution in [1.82, 2.24) is 9.80 Å². The number of hydrogen-bond acceptors (Lipinski definition) is 5. The summed E-state index contributed by atoms with van der Waals surface area (Å²) in [6.45, 7) is 8.29. The van der Waals surface area contributed by atoms with Gasteiger partial charge in [0.1, 0.15) is 11.9 Å². The van der Waals surface area contributed by atoms with Crippen LogP contribution in [0.3, 0.4) is 0 Å². The molecule has 1 aliphatic carbocycles. The van der Waals surface area contributed by atoms with Gasteiger partial charge >= 0.3 is 0 Å². The molecule has 1 aliphatic heterocycles. The third kappa shape index (κ3) is 7.70. The Morgan fingerprint density at radius 1 is 1.16 bits per heavy atom. The number of halogens is 1. The summed E-state index contributed by atoms with van der Waals surface area (Å²) in [7, 11) is 3.50. The highest BCUT2D eigenvalue weighted by atomic mass is 35.5. The van der Waals surface area contributed by atoms with Crippen molar-refractivity contribution in [3.8, 4) is 5.75 Å². The van der Waals surface area contributed by atoms with Gasteiger partial charge in [-0.3, -0.25) is 9.69 Å². The molecule has 2 atom stereocenters. The third-order valence-corrected chi connectivity index (χ3v) is 7.29. The van der Waals surface area contributed by atoms with Crippen LogP contribution >= 0.6 is 12.4 Å². The van der Waals surface area contributed by atoms with E-state index in [9.17, 15) is 4.79 Å². The van der Waals surface area contributed by atoms with Gasteiger partial charge in [0.25, 0.3) is 5.91 Å². The molecular weight excluding hydrogens is 488 g/mol. The van der Waals surface area contributed by atoms with Crippen molar-refractivity contribution in [2.24, 2.45) is 5.92 Å². The van der Waals surface area contributed by atoms with Crippen molar-refractivity contribution in [2.75, 3.05) is 40.5 Å². The normalized spacial score (nSPS) is 20.0. The zero-order valence-electron chi connectivity index (χ0n) is 22.8. The van der Waals surface area contributed by atoms with Crippen molar-refractivity contribution < 1.29 is 19.0 Å². The molecule has 2 unspecified atom stereocenters. The fraction of sp³-hybridized carbons (Fsp3) is 0.567. The van der Waals surface area contributed by atoms with E-state index in [1.54, 1.807) is 14.2 Å².